The predicted molar refractivity (Wildman–Crippen MR) is 77.2 cm³/mol. The summed E-state index contributed by atoms with van der Waals surface area (Å²) in [7, 11) is 0. The van der Waals surface area contributed by atoms with E-state index < -0.39 is 0 Å². The van der Waals surface area contributed by atoms with Crippen LogP contribution in [-0.2, 0) is 6.54 Å². The highest BCUT2D eigenvalue weighted by molar-refractivity contribution is 6.31. The molecule has 0 saturated carbocycles. The van der Waals surface area contributed by atoms with E-state index in [1.54, 1.807) is 6.20 Å². The summed E-state index contributed by atoms with van der Waals surface area (Å²) in [4.78, 5) is 10.6. The van der Waals surface area contributed by atoms with Gasteiger partial charge in [-0.3, -0.25) is 0 Å². The number of rotatable bonds is 4. The number of imidazole rings is 1. The summed E-state index contributed by atoms with van der Waals surface area (Å²) in [6, 6.07) is 6.09. The molecule has 0 spiro atoms. The molecule has 2 heterocycles. The van der Waals surface area contributed by atoms with Gasteiger partial charge in [0.25, 0.3) is 0 Å². The van der Waals surface area contributed by atoms with E-state index in [1.807, 2.05) is 30.6 Å². The number of aromatic nitrogens is 3. The van der Waals surface area contributed by atoms with E-state index in [2.05, 4.69) is 27.2 Å². The average molecular weight is 275 g/mol. The van der Waals surface area contributed by atoms with Crippen LogP contribution in [0.2, 0.25) is 5.02 Å². The fraction of sp³-hybridized carbons (Fsp3) is 0.214. The van der Waals surface area contributed by atoms with Gasteiger partial charge in [0, 0.05) is 41.1 Å². The number of aromatic amines is 2. The smallest absolute Gasteiger partial charge is 0.122 e. The Bertz CT molecular complexity index is 672. The first-order chi connectivity index (χ1) is 9.24. The van der Waals surface area contributed by atoms with Crippen LogP contribution in [0.3, 0.4) is 0 Å². The molecule has 19 heavy (non-hydrogen) atoms. The number of fused-ring (bicyclic) bond motifs is 1. The molecule has 98 valence electrons. The van der Waals surface area contributed by atoms with Crippen molar-refractivity contribution in [3.8, 4) is 0 Å². The summed E-state index contributed by atoms with van der Waals surface area (Å²) in [5.41, 5.74) is 2.29. The fourth-order valence-electron chi connectivity index (χ4n) is 2.18. The molecular formula is C14H15ClN4. The number of benzene rings is 1. The van der Waals surface area contributed by atoms with E-state index >= 15 is 0 Å². The van der Waals surface area contributed by atoms with Gasteiger partial charge in [0.05, 0.1) is 6.04 Å². The van der Waals surface area contributed by atoms with Crippen molar-refractivity contribution in [3.63, 3.8) is 0 Å². The molecule has 2 aromatic heterocycles. The average Bonchev–Trinajstić information content (AvgIpc) is 3.05. The summed E-state index contributed by atoms with van der Waals surface area (Å²) in [5.74, 6) is 0.947. The lowest BCUT2D eigenvalue weighted by Gasteiger charge is -2.10. The second-order valence-electron chi connectivity index (χ2n) is 4.58. The Balaban J connectivity index is 1.75. The zero-order valence-corrected chi connectivity index (χ0v) is 11.3. The molecule has 1 aromatic carbocycles. The first kappa shape index (κ1) is 12.3. The summed E-state index contributed by atoms with van der Waals surface area (Å²) in [6.07, 6.45) is 5.62. The monoisotopic (exact) mass is 274 g/mol. The van der Waals surface area contributed by atoms with Crippen molar-refractivity contribution in [2.24, 2.45) is 0 Å². The van der Waals surface area contributed by atoms with Crippen LogP contribution in [0.25, 0.3) is 10.9 Å². The SMILES string of the molecule is CC(NCc1c[nH]c2cc(Cl)ccc12)c1ncc[nH]1. The molecule has 3 rings (SSSR count). The number of halogens is 1. The minimum atomic E-state index is 0.187. The van der Waals surface area contributed by atoms with E-state index in [0.717, 1.165) is 22.9 Å². The highest BCUT2D eigenvalue weighted by Crippen LogP contribution is 2.22. The van der Waals surface area contributed by atoms with Crippen LogP contribution in [0.5, 0.6) is 0 Å². The Hall–Kier alpha value is -1.78. The maximum atomic E-state index is 5.97. The van der Waals surface area contributed by atoms with Crippen LogP contribution >= 0.6 is 11.6 Å². The van der Waals surface area contributed by atoms with E-state index in [0.29, 0.717) is 0 Å². The van der Waals surface area contributed by atoms with Gasteiger partial charge in [-0.05, 0) is 24.6 Å². The molecule has 3 aromatic rings. The van der Waals surface area contributed by atoms with Crippen molar-refractivity contribution >= 4 is 22.5 Å². The summed E-state index contributed by atoms with van der Waals surface area (Å²) in [5, 5.41) is 5.39. The van der Waals surface area contributed by atoms with Gasteiger partial charge in [-0.15, -0.1) is 0 Å². The van der Waals surface area contributed by atoms with Gasteiger partial charge in [0.2, 0.25) is 0 Å². The Labute approximate surface area is 116 Å². The van der Waals surface area contributed by atoms with Crippen molar-refractivity contribution in [2.75, 3.05) is 0 Å². The largest absolute Gasteiger partial charge is 0.361 e. The Morgan fingerprint density at radius 1 is 1.37 bits per heavy atom. The van der Waals surface area contributed by atoms with Crippen LogP contribution in [0, 0.1) is 0 Å². The number of nitrogens with zero attached hydrogens (tertiary/aromatic N) is 1. The molecule has 3 N–H and O–H groups in total. The molecule has 5 heteroatoms. The summed E-state index contributed by atoms with van der Waals surface area (Å²) in [6.45, 7) is 2.87. The lowest BCUT2D eigenvalue weighted by Crippen LogP contribution is -2.18. The molecule has 4 nitrogen and oxygen atoms in total. The molecule has 0 fully saturated rings. The zero-order valence-electron chi connectivity index (χ0n) is 10.6. The number of nitrogens with one attached hydrogen (secondary N) is 3. The van der Waals surface area contributed by atoms with Gasteiger partial charge in [-0.25, -0.2) is 4.98 Å². The topological polar surface area (TPSA) is 56.5 Å². The first-order valence-corrected chi connectivity index (χ1v) is 6.60. The van der Waals surface area contributed by atoms with Gasteiger partial charge in [0.1, 0.15) is 5.82 Å². The Morgan fingerprint density at radius 2 is 2.26 bits per heavy atom. The Kier molecular flexibility index (Phi) is 3.27. The standard InChI is InChI=1S/C14H15ClN4/c1-9(14-16-4-5-17-14)18-7-10-8-19-13-6-11(15)2-3-12(10)13/h2-6,8-9,18-19H,7H2,1H3,(H,16,17). The quantitative estimate of drug-likeness (QED) is 0.683. The van der Waals surface area contributed by atoms with Crippen molar-refractivity contribution in [2.45, 2.75) is 19.5 Å². The maximum Gasteiger partial charge on any atom is 0.122 e. The third-order valence-electron chi connectivity index (χ3n) is 3.26. The first-order valence-electron chi connectivity index (χ1n) is 6.22. The highest BCUT2D eigenvalue weighted by atomic mass is 35.5. The maximum absolute atomic E-state index is 5.97. The number of hydrogen-bond acceptors (Lipinski definition) is 2. The van der Waals surface area contributed by atoms with Crippen LogP contribution in [0.4, 0.5) is 0 Å². The van der Waals surface area contributed by atoms with Gasteiger partial charge in [0.15, 0.2) is 0 Å². The van der Waals surface area contributed by atoms with Gasteiger partial charge in [-0.1, -0.05) is 17.7 Å². The number of hydrogen-bond donors (Lipinski definition) is 3. The van der Waals surface area contributed by atoms with E-state index in [1.165, 1.54) is 10.9 Å². The molecule has 1 atom stereocenters. The molecule has 0 radical (unpaired) electrons. The minimum absolute atomic E-state index is 0.187. The second kappa shape index (κ2) is 5.07. The normalized spacial score (nSPS) is 12.9. The fourth-order valence-corrected chi connectivity index (χ4v) is 2.35. The molecule has 0 bridgehead atoms. The Morgan fingerprint density at radius 3 is 3.05 bits per heavy atom. The predicted octanol–water partition coefficient (Wildman–Crippen LogP) is 3.40. The third-order valence-corrected chi connectivity index (χ3v) is 3.49. The van der Waals surface area contributed by atoms with Crippen LogP contribution in [0.1, 0.15) is 24.4 Å². The van der Waals surface area contributed by atoms with Crippen molar-refractivity contribution in [3.05, 3.63) is 53.2 Å². The number of H-pyrrole nitrogens is 2. The van der Waals surface area contributed by atoms with Gasteiger partial charge >= 0.3 is 0 Å². The highest BCUT2D eigenvalue weighted by Gasteiger charge is 2.09. The van der Waals surface area contributed by atoms with Crippen molar-refractivity contribution < 1.29 is 0 Å². The zero-order chi connectivity index (χ0) is 13.2. The molecular weight excluding hydrogens is 260 g/mol. The second-order valence-corrected chi connectivity index (χ2v) is 5.02. The molecule has 1 unspecified atom stereocenters. The van der Waals surface area contributed by atoms with Crippen molar-refractivity contribution in [1.29, 1.82) is 0 Å². The van der Waals surface area contributed by atoms with Crippen LogP contribution in [-0.4, -0.2) is 15.0 Å². The lowest BCUT2D eigenvalue weighted by atomic mass is 10.1. The molecule has 0 aliphatic rings. The molecule has 0 aliphatic heterocycles. The minimum Gasteiger partial charge on any atom is -0.361 e. The third kappa shape index (κ3) is 2.50. The van der Waals surface area contributed by atoms with Crippen LogP contribution in [0.15, 0.2) is 36.8 Å². The molecule has 0 aliphatic carbocycles. The molecule has 0 saturated heterocycles. The summed E-state index contributed by atoms with van der Waals surface area (Å²) < 4.78 is 0. The van der Waals surface area contributed by atoms with E-state index in [4.69, 9.17) is 11.6 Å². The van der Waals surface area contributed by atoms with Gasteiger partial charge < -0.3 is 15.3 Å². The van der Waals surface area contributed by atoms with Crippen molar-refractivity contribution in [1.82, 2.24) is 20.3 Å². The molecule has 0 amide bonds. The summed E-state index contributed by atoms with van der Waals surface area (Å²) >= 11 is 5.97. The van der Waals surface area contributed by atoms with Crippen LogP contribution < -0.4 is 5.32 Å². The van der Waals surface area contributed by atoms with Gasteiger partial charge in [-0.2, -0.15) is 0 Å². The lowest BCUT2D eigenvalue weighted by molar-refractivity contribution is 0.552. The van der Waals surface area contributed by atoms with E-state index in [-0.39, 0.29) is 6.04 Å². The van der Waals surface area contributed by atoms with E-state index in [9.17, 15) is 0 Å².